The van der Waals surface area contributed by atoms with E-state index in [-0.39, 0.29) is 52.3 Å². The number of esters is 2. The molecule has 1 aliphatic heterocycles. The van der Waals surface area contributed by atoms with Crippen LogP contribution in [0.4, 0.5) is 0 Å². The summed E-state index contributed by atoms with van der Waals surface area (Å²) in [5.41, 5.74) is 4.32. The van der Waals surface area contributed by atoms with Crippen LogP contribution in [0.25, 0.3) is 0 Å². The molecule has 1 aliphatic rings. The summed E-state index contributed by atoms with van der Waals surface area (Å²) < 4.78 is 37.3. The minimum atomic E-state index is -1.18. The Hall–Kier alpha value is -5.69. The lowest BCUT2D eigenvalue weighted by Crippen LogP contribution is -2.61. The largest absolute Gasteiger partial charge is 0.461 e. The van der Waals surface area contributed by atoms with E-state index in [1.807, 2.05) is 152 Å². The molecule has 0 radical (unpaired) electrons. The first kappa shape index (κ1) is 42.9. The van der Waals surface area contributed by atoms with E-state index >= 15 is 0 Å². The molecule has 0 bridgehead atoms. The molecule has 6 unspecified atom stereocenters. The first-order chi connectivity index (χ1) is 28.9. The van der Waals surface area contributed by atoms with Gasteiger partial charge in [-0.1, -0.05) is 152 Å². The number of benzene rings is 5. The third-order valence-electron chi connectivity index (χ3n) is 9.88. The number of hydrogen-bond acceptors (Lipinski definition) is 10. The number of carbonyl (C=O) groups excluding carboxylic acids is 3. The van der Waals surface area contributed by atoms with Crippen molar-refractivity contribution in [1.29, 1.82) is 0 Å². The van der Waals surface area contributed by atoms with Gasteiger partial charge < -0.3 is 38.8 Å². The van der Waals surface area contributed by atoms with Crippen molar-refractivity contribution < 1.29 is 47.9 Å². The summed E-state index contributed by atoms with van der Waals surface area (Å²) in [4.78, 5) is 40.4. The summed E-state index contributed by atoms with van der Waals surface area (Å²) in [6.45, 7) is 0.228. The van der Waals surface area contributed by atoms with Gasteiger partial charge in [0.25, 0.3) is 0 Å². The minimum absolute atomic E-state index is 0.0192. The Balaban J connectivity index is 1.21. The molecule has 6 rings (SSSR count). The van der Waals surface area contributed by atoms with Gasteiger partial charge in [0.1, 0.15) is 43.7 Å². The minimum Gasteiger partial charge on any atom is -0.461 e. The van der Waals surface area contributed by atoms with Crippen molar-refractivity contribution in [2.45, 2.75) is 88.9 Å². The molecule has 0 aliphatic carbocycles. The van der Waals surface area contributed by atoms with Gasteiger partial charge in [-0.15, -0.1) is 0 Å². The van der Waals surface area contributed by atoms with Crippen LogP contribution in [-0.2, 0) is 75.8 Å². The number of nitrogens with one attached hydrogen (secondary N) is 1. The van der Waals surface area contributed by atoms with Crippen LogP contribution in [0.15, 0.2) is 152 Å². The van der Waals surface area contributed by atoms with Gasteiger partial charge in [-0.3, -0.25) is 9.59 Å². The Kier molecular flexibility index (Phi) is 16.8. The maximum absolute atomic E-state index is 14.0. The highest BCUT2D eigenvalue weighted by atomic mass is 16.6. The second-order valence-corrected chi connectivity index (χ2v) is 14.3. The van der Waals surface area contributed by atoms with Crippen molar-refractivity contribution in [3.05, 3.63) is 179 Å². The first-order valence-corrected chi connectivity index (χ1v) is 19.9. The molecule has 0 saturated carbocycles. The maximum atomic E-state index is 14.0. The number of carbonyl (C=O) groups is 3. The van der Waals surface area contributed by atoms with E-state index < -0.39 is 61.0 Å². The van der Waals surface area contributed by atoms with Crippen molar-refractivity contribution in [1.82, 2.24) is 5.32 Å². The highest BCUT2D eigenvalue weighted by Gasteiger charge is 2.49. The van der Waals surface area contributed by atoms with Gasteiger partial charge in [0.2, 0.25) is 5.91 Å². The molecule has 11 nitrogen and oxygen atoms in total. The smallest absolute Gasteiger partial charge is 0.328 e. The highest BCUT2D eigenvalue weighted by Crippen LogP contribution is 2.32. The number of amides is 1. The molecule has 5 aromatic rings. The van der Waals surface area contributed by atoms with Crippen LogP contribution in [0.1, 0.15) is 47.1 Å². The SMILES string of the molecule is O=C(CC1OC(CO)C(OCc2ccccc2)C(OCc2ccccc2)C1OCc1ccccc1)NC(CCC(=O)OCc1ccccc1)C(=O)OCc1ccccc1. The summed E-state index contributed by atoms with van der Waals surface area (Å²) in [5, 5.41) is 13.5. The van der Waals surface area contributed by atoms with Gasteiger partial charge in [0.05, 0.1) is 39.0 Å². The van der Waals surface area contributed by atoms with E-state index in [2.05, 4.69) is 5.32 Å². The van der Waals surface area contributed by atoms with Crippen molar-refractivity contribution in [2.75, 3.05) is 6.61 Å². The van der Waals surface area contributed by atoms with Crippen LogP contribution in [0, 0.1) is 0 Å². The fraction of sp³-hybridized carbons (Fsp3) is 0.312. The van der Waals surface area contributed by atoms with E-state index in [0.717, 1.165) is 27.8 Å². The fourth-order valence-electron chi connectivity index (χ4n) is 6.78. The lowest BCUT2D eigenvalue weighted by atomic mass is 9.92. The molecule has 59 heavy (non-hydrogen) atoms. The average Bonchev–Trinajstić information content (AvgIpc) is 3.28. The Morgan fingerprint density at radius 2 is 0.915 bits per heavy atom. The van der Waals surface area contributed by atoms with Crippen molar-refractivity contribution in [3.8, 4) is 0 Å². The van der Waals surface area contributed by atoms with Gasteiger partial charge in [-0.2, -0.15) is 0 Å². The number of hydrogen-bond donors (Lipinski definition) is 2. The molecule has 1 fully saturated rings. The molecule has 0 spiro atoms. The summed E-state index contributed by atoms with van der Waals surface area (Å²) in [5.74, 6) is -1.78. The molecular weight excluding hydrogens is 751 g/mol. The molecule has 6 atom stereocenters. The predicted octanol–water partition coefficient (Wildman–Crippen LogP) is 6.64. The van der Waals surface area contributed by atoms with E-state index in [4.69, 9.17) is 28.4 Å². The van der Waals surface area contributed by atoms with Gasteiger partial charge in [0.15, 0.2) is 0 Å². The molecule has 1 amide bonds. The molecule has 308 valence electrons. The Labute approximate surface area is 345 Å². The zero-order chi connectivity index (χ0) is 41.1. The van der Waals surface area contributed by atoms with Crippen molar-refractivity contribution in [3.63, 3.8) is 0 Å². The third kappa shape index (κ3) is 13.7. The van der Waals surface area contributed by atoms with Crippen molar-refractivity contribution in [2.24, 2.45) is 0 Å². The van der Waals surface area contributed by atoms with Crippen LogP contribution >= 0.6 is 0 Å². The Morgan fingerprint density at radius 1 is 0.525 bits per heavy atom. The van der Waals surface area contributed by atoms with Crippen LogP contribution in [0.2, 0.25) is 0 Å². The van der Waals surface area contributed by atoms with E-state index in [9.17, 15) is 19.5 Å². The Morgan fingerprint density at radius 3 is 1.36 bits per heavy atom. The summed E-state index contributed by atoms with van der Waals surface area (Å²) >= 11 is 0. The van der Waals surface area contributed by atoms with E-state index in [1.54, 1.807) is 0 Å². The third-order valence-corrected chi connectivity index (χ3v) is 9.88. The molecule has 11 heteroatoms. The lowest BCUT2D eigenvalue weighted by molar-refractivity contribution is -0.270. The number of aliphatic hydroxyl groups excluding tert-OH is 1. The zero-order valence-electron chi connectivity index (χ0n) is 32.9. The standard InChI is InChI=1S/C48H51NO10/c50-29-42-46(56-32-37-20-10-3-11-21-37)47(57-33-38-22-12-4-13-23-38)45(55-31-36-18-8-2-9-19-36)41(59-42)28-43(51)49-40(48(53)58-34-39-24-14-5-15-25-39)26-27-44(52)54-30-35-16-6-1-7-17-35/h1-25,40-42,45-47,50H,26-34H2,(H,49,51). The van der Waals surface area contributed by atoms with Crippen LogP contribution in [-0.4, -0.2) is 66.1 Å². The second kappa shape index (κ2) is 23.0. The van der Waals surface area contributed by atoms with Gasteiger partial charge in [0, 0.05) is 6.42 Å². The normalized spacial score (nSPS) is 19.3. The monoisotopic (exact) mass is 801 g/mol. The number of ether oxygens (including phenoxy) is 6. The van der Waals surface area contributed by atoms with E-state index in [0.29, 0.717) is 0 Å². The lowest BCUT2D eigenvalue weighted by Gasteiger charge is -2.46. The van der Waals surface area contributed by atoms with E-state index in [1.165, 1.54) is 0 Å². The van der Waals surface area contributed by atoms with Crippen LogP contribution in [0.5, 0.6) is 0 Å². The topological polar surface area (TPSA) is 139 Å². The quantitative estimate of drug-likeness (QED) is 0.0777. The maximum Gasteiger partial charge on any atom is 0.328 e. The fourth-order valence-corrected chi connectivity index (χ4v) is 6.78. The summed E-state index contributed by atoms with van der Waals surface area (Å²) in [6, 6.07) is 46.1. The van der Waals surface area contributed by atoms with Gasteiger partial charge in [-0.05, 0) is 34.2 Å². The highest BCUT2D eigenvalue weighted by molar-refractivity contribution is 5.85. The summed E-state index contributed by atoms with van der Waals surface area (Å²) in [6.07, 6.45) is -4.75. The second-order valence-electron chi connectivity index (χ2n) is 14.3. The molecular formula is C48H51NO10. The first-order valence-electron chi connectivity index (χ1n) is 19.9. The molecule has 1 heterocycles. The van der Waals surface area contributed by atoms with Crippen molar-refractivity contribution >= 4 is 17.8 Å². The Bertz CT molecular complexity index is 1990. The zero-order valence-corrected chi connectivity index (χ0v) is 32.9. The molecule has 1 saturated heterocycles. The molecule has 5 aromatic carbocycles. The molecule has 2 N–H and O–H groups in total. The predicted molar refractivity (Wildman–Crippen MR) is 219 cm³/mol. The molecule has 0 aromatic heterocycles. The number of aliphatic hydroxyl groups is 1. The average molecular weight is 802 g/mol. The van der Waals surface area contributed by atoms with Gasteiger partial charge >= 0.3 is 11.9 Å². The number of rotatable bonds is 21. The summed E-state index contributed by atoms with van der Waals surface area (Å²) in [7, 11) is 0. The van der Waals surface area contributed by atoms with Gasteiger partial charge in [-0.25, -0.2) is 4.79 Å². The van der Waals surface area contributed by atoms with Crippen LogP contribution in [0.3, 0.4) is 0 Å². The van der Waals surface area contributed by atoms with Crippen LogP contribution < -0.4 is 5.32 Å².